The molecule has 0 spiro atoms. The molecule has 5 N–H and O–H groups in total. The summed E-state index contributed by atoms with van der Waals surface area (Å²) in [4.78, 5) is 10.7. The van der Waals surface area contributed by atoms with Crippen molar-refractivity contribution in [3.63, 3.8) is 0 Å². The highest BCUT2D eigenvalue weighted by molar-refractivity contribution is 7.80. The van der Waals surface area contributed by atoms with Gasteiger partial charge in [0.2, 0.25) is 5.91 Å². The van der Waals surface area contributed by atoms with Gasteiger partial charge in [0, 0.05) is 12.1 Å². The first kappa shape index (κ1) is 14.7. The lowest BCUT2D eigenvalue weighted by molar-refractivity contribution is -0.122. The summed E-state index contributed by atoms with van der Waals surface area (Å²) in [5.74, 6) is -0.492. The van der Waals surface area contributed by atoms with Crippen LogP contribution < -0.4 is 16.8 Å². The van der Waals surface area contributed by atoms with E-state index in [-0.39, 0.29) is 6.61 Å². The van der Waals surface area contributed by atoms with E-state index in [0.29, 0.717) is 28.7 Å². The van der Waals surface area contributed by atoms with Crippen molar-refractivity contribution < 1.29 is 9.53 Å². The Morgan fingerprint density at radius 1 is 1.44 bits per heavy atom. The molecule has 0 atom stereocenters. The Balaban J connectivity index is 2.43. The molecule has 1 rings (SSSR count). The fraction of sp³-hybridized carbons (Fsp3) is 0.273. The maximum Gasteiger partial charge on any atom is 0.243 e. The molecule has 0 aliphatic heterocycles. The van der Waals surface area contributed by atoms with Gasteiger partial charge in [0.15, 0.2) is 0 Å². The van der Waals surface area contributed by atoms with Gasteiger partial charge in [-0.25, -0.2) is 0 Å². The fourth-order valence-electron chi connectivity index (χ4n) is 1.24. The van der Waals surface area contributed by atoms with Crippen LogP contribution in [0.5, 0.6) is 0 Å². The van der Waals surface area contributed by atoms with Crippen molar-refractivity contribution >= 4 is 40.4 Å². The van der Waals surface area contributed by atoms with Gasteiger partial charge in [-0.05, 0) is 18.2 Å². The number of primary amides is 1. The van der Waals surface area contributed by atoms with Gasteiger partial charge in [-0.15, -0.1) is 0 Å². The number of nitrogens with one attached hydrogen (secondary N) is 1. The lowest BCUT2D eigenvalue weighted by atomic mass is 10.2. The molecule has 7 heteroatoms. The lowest BCUT2D eigenvalue weighted by Gasteiger charge is -2.09. The van der Waals surface area contributed by atoms with Crippen LogP contribution in [0.15, 0.2) is 18.2 Å². The summed E-state index contributed by atoms with van der Waals surface area (Å²) in [5, 5.41) is 3.58. The standard InChI is InChI=1S/C11H14ClN3O2S/c12-8-5-7(11(14)18)1-2-9(8)15-3-4-17-6-10(13)16/h1-2,5,15H,3-4,6H2,(H2,13,16)(H2,14,18). The predicted molar refractivity (Wildman–Crippen MR) is 75.8 cm³/mol. The Hall–Kier alpha value is -1.37. The van der Waals surface area contributed by atoms with Gasteiger partial charge in [-0.3, -0.25) is 4.79 Å². The topological polar surface area (TPSA) is 90.4 Å². The number of thiocarbonyl (C=S) groups is 1. The summed E-state index contributed by atoms with van der Waals surface area (Å²) in [5.41, 5.74) is 11.9. The van der Waals surface area contributed by atoms with E-state index >= 15 is 0 Å². The summed E-state index contributed by atoms with van der Waals surface area (Å²) in [6.45, 7) is 0.783. The highest BCUT2D eigenvalue weighted by atomic mass is 35.5. The van der Waals surface area contributed by atoms with Crippen LogP contribution in [0.4, 0.5) is 5.69 Å². The molecule has 0 aromatic heterocycles. The minimum atomic E-state index is -0.492. The third kappa shape index (κ3) is 4.87. The number of halogens is 1. The van der Waals surface area contributed by atoms with Crippen LogP contribution in [0.25, 0.3) is 0 Å². The largest absolute Gasteiger partial charge is 0.389 e. The first-order valence-corrected chi connectivity index (χ1v) is 5.98. The number of carbonyl (C=O) groups is 1. The minimum absolute atomic E-state index is 0.0875. The first-order chi connectivity index (χ1) is 8.50. The molecule has 1 amide bonds. The number of benzene rings is 1. The van der Waals surface area contributed by atoms with Crippen molar-refractivity contribution in [2.24, 2.45) is 11.5 Å². The second kappa shape index (κ2) is 7.15. The number of nitrogens with two attached hydrogens (primary N) is 2. The molecule has 0 saturated carbocycles. The predicted octanol–water partition coefficient (Wildman–Crippen LogP) is 0.888. The maximum absolute atomic E-state index is 10.4. The summed E-state index contributed by atoms with van der Waals surface area (Å²) in [6, 6.07) is 5.25. The molecule has 1 aromatic carbocycles. The summed E-state index contributed by atoms with van der Waals surface area (Å²) >= 11 is 10.9. The average Bonchev–Trinajstić information content (AvgIpc) is 2.29. The van der Waals surface area contributed by atoms with Crippen LogP contribution in [0.2, 0.25) is 5.02 Å². The molecule has 0 aliphatic carbocycles. The molecule has 18 heavy (non-hydrogen) atoms. The Kier molecular flexibility index (Phi) is 5.84. The Morgan fingerprint density at radius 2 is 2.17 bits per heavy atom. The maximum atomic E-state index is 10.4. The average molecular weight is 288 g/mol. The van der Waals surface area contributed by atoms with E-state index in [1.54, 1.807) is 18.2 Å². The van der Waals surface area contributed by atoms with E-state index in [0.717, 1.165) is 5.69 Å². The van der Waals surface area contributed by atoms with Crippen LogP contribution in [-0.2, 0) is 9.53 Å². The molecule has 5 nitrogen and oxygen atoms in total. The lowest BCUT2D eigenvalue weighted by Crippen LogP contribution is -2.20. The van der Waals surface area contributed by atoms with E-state index in [9.17, 15) is 4.79 Å². The first-order valence-electron chi connectivity index (χ1n) is 5.20. The fourth-order valence-corrected chi connectivity index (χ4v) is 1.62. The number of hydrogen-bond acceptors (Lipinski definition) is 4. The highest BCUT2D eigenvalue weighted by Gasteiger charge is 2.03. The van der Waals surface area contributed by atoms with Crippen LogP contribution >= 0.6 is 23.8 Å². The number of rotatable bonds is 7. The molecule has 0 bridgehead atoms. The molecule has 98 valence electrons. The third-order valence-electron chi connectivity index (χ3n) is 2.06. The molecule has 0 fully saturated rings. The van der Waals surface area contributed by atoms with Crippen molar-refractivity contribution in [1.29, 1.82) is 0 Å². The van der Waals surface area contributed by atoms with Crippen LogP contribution in [0.1, 0.15) is 5.56 Å². The van der Waals surface area contributed by atoms with Crippen molar-refractivity contribution in [3.05, 3.63) is 28.8 Å². The quantitative estimate of drug-likeness (QED) is 0.512. The zero-order chi connectivity index (χ0) is 13.5. The number of carbonyl (C=O) groups excluding carboxylic acids is 1. The van der Waals surface area contributed by atoms with Crippen molar-refractivity contribution in [1.82, 2.24) is 0 Å². The Morgan fingerprint density at radius 3 is 2.72 bits per heavy atom. The van der Waals surface area contributed by atoms with Crippen LogP contribution in [0.3, 0.4) is 0 Å². The molecule has 0 aliphatic rings. The zero-order valence-corrected chi connectivity index (χ0v) is 11.2. The molecular formula is C11H14ClN3O2S. The highest BCUT2D eigenvalue weighted by Crippen LogP contribution is 2.22. The van der Waals surface area contributed by atoms with Crippen molar-refractivity contribution in [3.8, 4) is 0 Å². The van der Waals surface area contributed by atoms with E-state index < -0.39 is 5.91 Å². The number of hydrogen-bond donors (Lipinski definition) is 3. The molecule has 0 saturated heterocycles. The van der Waals surface area contributed by atoms with Gasteiger partial charge < -0.3 is 21.5 Å². The monoisotopic (exact) mass is 287 g/mol. The van der Waals surface area contributed by atoms with Crippen molar-refractivity contribution in [2.45, 2.75) is 0 Å². The van der Waals surface area contributed by atoms with Gasteiger partial charge >= 0.3 is 0 Å². The summed E-state index contributed by atoms with van der Waals surface area (Å²) < 4.78 is 5.00. The molecule has 1 aromatic rings. The zero-order valence-electron chi connectivity index (χ0n) is 9.61. The number of ether oxygens (including phenoxy) is 1. The Labute approximate surface area is 115 Å². The van der Waals surface area contributed by atoms with Gasteiger partial charge in [0.25, 0.3) is 0 Å². The smallest absolute Gasteiger partial charge is 0.243 e. The normalized spacial score (nSPS) is 10.1. The minimum Gasteiger partial charge on any atom is -0.389 e. The van der Waals surface area contributed by atoms with Crippen molar-refractivity contribution in [2.75, 3.05) is 25.1 Å². The van der Waals surface area contributed by atoms with Gasteiger partial charge in [0.05, 0.1) is 17.3 Å². The number of anilines is 1. The second-order valence-corrected chi connectivity index (χ2v) is 4.35. The van der Waals surface area contributed by atoms with Gasteiger partial charge in [-0.2, -0.15) is 0 Å². The molecule has 0 radical (unpaired) electrons. The molecule has 0 heterocycles. The summed E-state index contributed by atoms with van der Waals surface area (Å²) in [7, 11) is 0. The van der Waals surface area contributed by atoms with E-state index in [1.165, 1.54) is 0 Å². The van der Waals surface area contributed by atoms with Gasteiger partial charge in [-0.1, -0.05) is 23.8 Å². The van der Waals surface area contributed by atoms with Crippen LogP contribution in [-0.4, -0.2) is 30.7 Å². The molecular weight excluding hydrogens is 274 g/mol. The van der Waals surface area contributed by atoms with Crippen LogP contribution in [0, 0.1) is 0 Å². The Bertz CT molecular complexity index is 454. The van der Waals surface area contributed by atoms with Gasteiger partial charge in [0.1, 0.15) is 11.6 Å². The van der Waals surface area contributed by atoms with E-state index in [4.69, 9.17) is 40.0 Å². The molecule has 0 unspecified atom stereocenters. The second-order valence-electron chi connectivity index (χ2n) is 3.50. The third-order valence-corrected chi connectivity index (χ3v) is 2.61. The SMILES string of the molecule is NC(=O)COCCNc1ccc(C(N)=S)cc1Cl. The van der Waals surface area contributed by atoms with E-state index in [1.807, 2.05) is 0 Å². The number of amides is 1. The van der Waals surface area contributed by atoms with E-state index in [2.05, 4.69) is 5.32 Å². The summed E-state index contributed by atoms with van der Waals surface area (Å²) in [6.07, 6.45) is 0.